The van der Waals surface area contributed by atoms with E-state index in [-0.39, 0.29) is 5.92 Å². The second-order valence-corrected chi connectivity index (χ2v) is 3.85. The van der Waals surface area contributed by atoms with Crippen molar-refractivity contribution in [1.82, 2.24) is 5.54 Å². The van der Waals surface area contributed by atoms with Gasteiger partial charge in [0.15, 0.2) is 0 Å². The Hall–Kier alpha value is -1.64. The fraction of sp³-hybridized carbons (Fsp3) is 0.308. The van der Waals surface area contributed by atoms with Crippen LogP contribution in [-0.4, -0.2) is 5.91 Å². The average molecular weight is 221 g/mol. The number of carbonyl (C=O) groups is 1. The van der Waals surface area contributed by atoms with Crippen molar-refractivity contribution in [2.45, 2.75) is 20.3 Å². The average Bonchev–Trinajstić information content (AvgIpc) is 2.35. The van der Waals surface area contributed by atoms with E-state index < -0.39 is 5.91 Å². The molecule has 16 heavy (non-hydrogen) atoms. The lowest BCUT2D eigenvalue weighted by Gasteiger charge is -2.06. The summed E-state index contributed by atoms with van der Waals surface area (Å²) in [5.74, 6) is -0.916. The van der Waals surface area contributed by atoms with Crippen LogP contribution in [0.5, 0.6) is 0 Å². The topological polar surface area (TPSA) is 29.1 Å². The van der Waals surface area contributed by atoms with Gasteiger partial charge in [0.25, 0.3) is 5.91 Å². The molecule has 0 heterocycles. The summed E-state index contributed by atoms with van der Waals surface area (Å²) in [6, 6.07) is 9.89. The maximum absolute atomic E-state index is 11.9. The molecule has 1 atom stereocenters. The highest BCUT2D eigenvalue weighted by atomic mass is 19.2. The normalized spacial score (nSPS) is 13.3. The molecule has 1 amide bonds. The van der Waals surface area contributed by atoms with Crippen LogP contribution in [0.1, 0.15) is 25.8 Å². The van der Waals surface area contributed by atoms with Crippen molar-refractivity contribution in [1.29, 1.82) is 0 Å². The monoisotopic (exact) mass is 221 g/mol. The molecule has 3 heteroatoms. The Bertz CT molecular complexity index is 373. The van der Waals surface area contributed by atoms with Gasteiger partial charge >= 0.3 is 0 Å². The first-order valence-corrected chi connectivity index (χ1v) is 5.27. The van der Waals surface area contributed by atoms with Gasteiger partial charge < -0.3 is 0 Å². The number of allylic oxidation sites excluding steroid dienone is 2. The van der Waals surface area contributed by atoms with Gasteiger partial charge in [0.05, 0.1) is 0 Å². The van der Waals surface area contributed by atoms with Crippen LogP contribution in [0.3, 0.4) is 0 Å². The maximum atomic E-state index is 11.9. The number of amides is 1. The highest BCUT2D eigenvalue weighted by Crippen LogP contribution is 2.15. The summed E-state index contributed by atoms with van der Waals surface area (Å²) in [5, 5.41) is 0. The van der Waals surface area contributed by atoms with Gasteiger partial charge in [-0.15, -0.1) is 4.48 Å². The fourth-order valence-corrected chi connectivity index (χ4v) is 1.37. The molecule has 0 aliphatic carbocycles. The zero-order chi connectivity index (χ0) is 12.0. The smallest absolute Gasteiger partial charge is 0.250 e. The molecule has 1 rings (SSSR count). The van der Waals surface area contributed by atoms with Crippen molar-refractivity contribution in [2.24, 2.45) is 5.92 Å². The molecule has 0 spiro atoms. The van der Waals surface area contributed by atoms with Gasteiger partial charge in [0, 0.05) is 5.92 Å². The van der Waals surface area contributed by atoms with Gasteiger partial charge in [-0.25, -0.2) is 0 Å². The third-order valence-corrected chi connectivity index (χ3v) is 2.55. The number of hydrogen-bond donors (Lipinski definition) is 1. The Balaban J connectivity index is 2.62. The van der Waals surface area contributed by atoms with Crippen LogP contribution >= 0.6 is 0 Å². The van der Waals surface area contributed by atoms with Gasteiger partial charge in [-0.2, -0.15) is 5.54 Å². The van der Waals surface area contributed by atoms with E-state index in [2.05, 4.69) is 0 Å². The fourth-order valence-electron chi connectivity index (χ4n) is 1.37. The van der Waals surface area contributed by atoms with Crippen LogP contribution in [0.4, 0.5) is 4.48 Å². The van der Waals surface area contributed by atoms with Crippen molar-refractivity contribution in [3.63, 3.8) is 0 Å². The molecule has 86 valence electrons. The Morgan fingerprint density at radius 1 is 1.44 bits per heavy atom. The van der Waals surface area contributed by atoms with Crippen molar-refractivity contribution in [3.8, 4) is 0 Å². The van der Waals surface area contributed by atoms with Gasteiger partial charge in [-0.3, -0.25) is 4.79 Å². The minimum Gasteiger partial charge on any atom is -0.272 e. The molecule has 2 nitrogen and oxygen atoms in total. The Morgan fingerprint density at radius 3 is 2.62 bits per heavy atom. The van der Waals surface area contributed by atoms with Crippen LogP contribution in [0, 0.1) is 5.92 Å². The van der Waals surface area contributed by atoms with E-state index in [1.165, 1.54) is 0 Å². The third kappa shape index (κ3) is 3.50. The van der Waals surface area contributed by atoms with Crippen LogP contribution < -0.4 is 5.54 Å². The van der Waals surface area contributed by atoms with E-state index in [1.807, 2.05) is 43.3 Å². The van der Waals surface area contributed by atoms with E-state index in [0.717, 1.165) is 16.7 Å². The van der Waals surface area contributed by atoms with Crippen LogP contribution in [0.15, 0.2) is 36.4 Å². The molecule has 0 bridgehead atoms. The summed E-state index contributed by atoms with van der Waals surface area (Å²) in [6.07, 6.45) is 2.49. The molecule has 0 saturated carbocycles. The second-order valence-electron chi connectivity index (χ2n) is 3.85. The third-order valence-electron chi connectivity index (χ3n) is 2.55. The highest BCUT2D eigenvalue weighted by molar-refractivity contribution is 5.77. The number of rotatable bonds is 4. The summed E-state index contributed by atoms with van der Waals surface area (Å²) in [6.45, 7) is 3.68. The van der Waals surface area contributed by atoms with Crippen molar-refractivity contribution in [3.05, 3.63) is 42.0 Å². The molecule has 0 saturated heterocycles. The SMILES string of the molecule is C/C(=C\C[C@H](C)C(=O)NF)c1ccccc1. The molecule has 0 aliphatic rings. The Morgan fingerprint density at radius 2 is 2.06 bits per heavy atom. The highest BCUT2D eigenvalue weighted by Gasteiger charge is 2.10. The zero-order valence-corrected chi connectivity index (χ0v) is 9.53. The maximum Gasteiger partial charge on any atom is 0.250 e. The second kappa shape index (κ2) is 6.05. The lowest BCUT2D eigenvalue weighted by Crippen LogP contribution is -2.21. The van der Waals surface area contributed by atoms with Gasteiger partial charge in [-0.1, -0.05) is 43.3 Å². The van der Waals surface area contributed by atoms with Gasteiger partial charge in [0.2, 0.25) is 0 Å². The van der Waals surface area contributed by atoms with Crippen LogP contribution in [-0.2, 0) is 4.79 Å². The molecule has 0 aromatic heterocycles. The lowest BCUT2D eigenvalue weighted by molar-refractivity contribution is -0.128. The molecular weight excluding hydrogens is 205 g/mol. The first-order chi connectivity index (χ1) is 7.65. The van der Waals surface area contributed by atoms with E-state index in [9.17, 15) is 9.28 Å². The van der Waals surface area contributed by atoms with E-state index in [0.29, 0.717) is 6.42 Å². The summed E-state index contributed by atoms with van der Waals surface area (Å²) >= 11 is 0. The van der Waals surface area contributed by atoms with Gasteiger partial charge in [0.1, 0.15) is 0 Å². The summed E-state index contributed by atoms with van der Waals surface area (Å²) in [5.41, 5.74) is 3.38. The minimum atomic E-state index is -0.572. The van der Waals surface area contributed by atoms with Crippen LogP contribution in [0.2, 0.25) is 0 Å². The van der Waals surface area contributed by atoms with E-state index in [1.54, 1.807) is 6.92 Å². The predicted octanol–water partition coefficient (Wildman–Crippen LogP) is 3.12. The number of halogens is 1. The molecule has 0 fully saturated rings. The standard InChI is InChI=1S/C13H16FNO/c1-10(12-6-4-3-5-7-12)8-9-11(2)13(16)15-14/h3-8,11H,9H2,1-2H3,(H,15,16)/b10-8+/t11-/m0/s1. The molecule has 0 radical (unpaired) electrons. The quantitative estimate of drug-likeness (QED) is 0.778. The van der Waals surface area contributed by atoms with E-state index in [4.69, 9.17) is 0 Å². The number of benzene rings is 1. The predicted molar refractivity (Wildman–Crippen MR) is 63.1 cm³/mol. The molecule has 0 aliphatic heterocycles. The largest absolute Gasteiger partial charge is 0.272 e. The summed E-state index contributed by atoms with van der Waals surface area (Å²) < 4.78 is 11.9. The number of nitrogens with one attached hydrogen (secondary N) is 1. The van der Waals surface area contributed by atoms with Crippen molar-refractivity contribution in [2.75, 3.05) is 0 Å². The lowest BCUT2D eigenvalue weighted by atomic mass is 10.0. The molecule has 1 aromatic rings. The van der Waals surface area contributed by atoms with E-state index >= 15 is 0 Å². The molecule has 0 unspecified atom stereocenters. The van der Waals surface area contributed by atoms with Crippen LogP contribution in [0.25, 0.3) is 5.57 Å². The number of hydrogen-bond acceptors (Lipinski definition) is 1. The Kier molecular flexibility index (Phi) is 4.70. The van der Waals surface area contributed by atoms with Crippen molar-refractivity contribution >= 4 is 11.5 Å². The Labute approximate surface area is 95.1 Å². The molecular formula is C13H16FNO. The summed E-state index contributed by atoms with van der Waals surface area (Å²) in [4.78, 5) is 10.9. The first kappa shape index (κ1) is 12.4. The van der Waals surface area contributed by atoms with Gasteiger partial charge in [-0.05, 0) is 24.5 Å². The molecule has 1 N–H and O–H groups in total. The summed E-state index contributed by atoms with van der Waals surface area (Å²) in [7, 11) is 0. The molecule has 1 aromatic carbocycles. The first-order valence-electron chi connectivity index (χ1n) is 5.27. The van der Waals surface area contributed by atoms with Crippen molar-refractivity contribution < 1.29 is 9.28 Å². The number of carbonyl (C=O) groups excluding carboxylic acids is 1. The zero-order valence-electron chi connectivity index (χ0n) is 9.53. The minimum absolute atomic E-state index is 0.344.